The van der Waals surface area contributed by atoms with E-state index in [0.29, 0.717) is 26.1 Å². The monoisotopic (exact) mass is 284 g/mol. The third kappa shape index (κ3) is 3.12. The zero-order valence-corrected chi connectivity index (χ0v) is 12.0. The molecule has 1 amide bonds. The van der Waals surface area contributed by atoms with Gasteiger partial charge in [-0.3, -0.25) is 9.59 Å². The molecule has 2 atom stereocenters. The van der Waals surface area contributed by atoms with Gasteiger partial charge in [-0.05, 0) is 19.9 Å². The van der Waals surface area contributed by atoms with E-state index in [1.54, 1.807) is 7.05 Å². The van der Waals surface area contributed by atoms with Crippen LogP contribution in [0.1, 0.15) is 32.1 Å². The molecule has 0 bridgehead atoms. The number of hydrogen-bond acceptors (Lipinski definition) is 4. The molecule has 1 saturated heterocycles. The van der Waals surface area contributed by atoms with Gasteiger partial charge in [0.2, 0.25) is 5.91 Å². The van der Waals surface area contributed by atoms with Gasteiger partial charge >= 0.3 is 5.97 Å². The maximum absolute atomic E-state index is 12.2. The molecule has 6 heteroatoms. The zero-order chi connectivity index (χ0) is 14.6. The van der Waals surface area contributed by atoms with E-state index >= 15 is 0 Å². The molecule has 2 fully saturated rings. The van der Waals surface area contributed by atoms with Crippen molar-refractivity contribution in [3.05, 3.63) is 0 Å². The van der Waals surface area contributed by atoms with E-state index in [4.69, 9.17) is 4.74 Å². The largest absolute Gasteiger partial charge is 0.481 e. The zero-order valence-electron chi connectivity index (χ0n) is 12.0. The molecule has 20 heavy (non-hydrogen) atoms. The number of nitrogens with one attached hydrogen (secondary N) is 2. The van der Waals surface area contributed by atoms with Gasteiger partial charge in [-0.25, -0.2) is 0 Å². The van der Waals surface area contributed by atoms with E-state index in [-0.39, 0.29) is 24.4 Å². The van der Waals surface area contributed by atoms with Gasteiger partial charge < -0.3 is 20.5 Å². The smallest absolute Gasteiger partial charge is 0.311 e. The van der Waals surface area contributed by atoms with Gasteiger partial charge in [0.25, 0.3) is 0 Å². The first-order valence-corrected chi connectivity index (χ1v) is 7.35. The lowest BCUT2D eigenvalue weighted by Crippen LogP contribution is -2.48. The highest BCUT2D eigenvalue weighted by Crippen LogP contribution is 2.36. The topological polar surface area (TPSA) is 87.7 Å². The summed E-state index contributed by atoms with van der Waals surface area (Å²) in [6, 6.07) is 0.0159. The number of ether oxygens (including phenoxy) is 1. The third-order valence-electron chi connectivity index (χ3n) is 4.65. The summed E-state index contributed by atoms with van der Waals surface area (Å²) in [5.74, 6) is -1.12. The average Bonchev–Trinajstić information content (AvgIpc) is 2.94. The molecule has 1 saturated carbocycles. The average molecular weight is 284 g/mol. The first kappa shape index (κ1) is 15.3. The summed E-state index contributed by atoms with van der Waals surface area (Å²) in [5, 5.41) is 15.4. The number of rotatable bonds is 5. The molecule has 2 unspecified atom stereocenters. The highest BCUT2D eigenvalue weighted by atomic mass is 16.5. The van der Waals surface area contributed by atoms with E-state index in [9.17, 15) is 14.7 Å². The maximum Gasteiger partial charge on any atom is 0.311 e. The third-order valence-corrected chi connectivity index (χ3v) is 4.65. The number of carbonyl (C=O) groups excluding carboxylic acids is 1. The quantitative estimate of drug-likeness (QED) is 0.679. The van der Waals surface area contributed by atoms with Crippen molar-refractivity contribution < 1.29 is 19.4 Å². The first-order chi connectivity index (χ1) is 9.59. The number of hydrogen-bond donors (Lipinski definition) is 3. The molecule has 0 aromatic heterocycles. The highest BCUT2D eigenvalue weighted by molar-refractivity contribution is 5.81. The number of likely N-dealkylation sites (N-methyl/N-ethyl adjacent to an activating group) is 1. The number of carboxylic acids is 1. The Labute approximate surface area is 119 Å². The maximum atomic E-state index is 12.2. The van der Waals surface area contributed by atoms with Gasteiger partial charge in [0.05, 0.1) is 24.5 Å². The number of amides is 1. The first-order valence-electron chi connectivity index (χ1n) is 7.35. The fourth-order valence-corrected chi connectivity index (χ4v) is 3.18. The van der Waals surface area contributed by atoms with E-state index in [1.165, 1.54) is 0 Å². The van der Waals surface area contributed by atoms with Crippen LogP contribution in [0.2, 0.25) is 0 Å². The van der Waals surface area contributed by atoms with Crippen LogP contribution in [0, 0.1) is 11.3 Å². The van der Waals surface area contributed by atoms with Crippen molar-refractivity contribution in [2.75, 3.05) is 26.8 Å². The molecule has 0 aromatic carbocycles. The summed E-state index contributed by atoms with van der Waals surface area (Å²) in [5.41, 5.74) is -0.775. The van der Waals surface area contributed by atoms with Crippen molar-refractivity contribution in [3.63, 3.8) is 0 Å². The minimum absolute atomic E-state index is 0.0159. The molecule has 0 spiro atoms. The Morgan fingerprint density at radius 1 is 1.25 bits per heavy atom. The van der Waals surface area contributed by atoms with Crippen molar-refractivity contribution in [3.8, 4) is 0 Å². The Hall–Kier alpha value is -1.14. The molecule has 1 aliphatic carbocycles. The summed E-state index contributed by atoms with van der Waals surface area (Å²) >= 11 is 0. The van der Waals surface area contributed by atoms with E-state index in [0.717, 1.165) is 19.3 Å². The van der Waals surface area contributed by atoms with Crippen LogP contribution < -0.4 is 10.6 Å². The lowest BCUT2D eigenvalue weighted by atomic mass is 9.74. The summed E-state index contributed by atoms with van der Waals surface area (Å²) in [4.78, 5) is 23.7. The SMILES string of the molecule is CNC1COCC1C(=O)NCC1(C(=O)O)CCCCC1. The normalized spacial score (nSPS) is 29.1. The molecule has 2 rings (SSSR count). The van der Waals surface area contributed by atoms with Crippen LogP contribution in [0.25, 0.3) is 0 Å². The standard InChI is InChI=1S/C14H24N2O4/c1-15-11-8-20-7-10(11)12(17)16-9-14(13(18)19)5-3-2-4-6-14/h10-11,15H,2-9H2,1H3,(H,16,17)(H,18,19). The Morgan fingerprint density at radius 2 is 1.95 bits per heavy atom. The van der Waals surface area contributed by atoms with Gasteiger partial charge in [-0.1, -0.05) is 19.3 Å². The molecule has 1 heterocycles. The van der Waals surface area contributed by atoms with Gasteiger partial charge in [-0.15, -0.1) is 0 Å². The molecule has 2 aliphatic rings. The molecule has 0 radical (unpaired) electrons. The van der Waals surface area contributed by atoms with Gasteiger partial charge in [0.15, 0.2) is 0 Å². The van der Waals surface area contributed by atoms with Crippen LogP contribution in [0.4, 0.5) is 0 Å². The predicted molar refractivity (Wildman–Crippen MR) is 73.3 cm³/mol. The Kier molecular flexibility index (Phi) is 4.99. The van der Waals surface area contributed by atoms with Crippen molar-refractivity contribution in [2.24, 2.45) is 11.3 Å². The molecule has 0 aromatic rings. The second-order valence-electron chi connectivity index (χ2n) is 5.90. The highest BCUT2D eigenvalue weighted by Gasteiger charge is 2.41. The summed E-state index contributed by atoms with van der Waals surface area (Å²) < 4.78 is 5.31. The number of carbonyl (C=O) groups is 2. The Balaban J connectivity index is 1.92. The molecule has 1 aliphatic heterocycles. The number of carboxylic acid groups (broad SMARTS) is 1. The van der Waals surface area contributed by atoms with Crippen LogP contribution in [-0.4, -0.2) is 49.8 Å². The lowest BCUT2D eigenvalue weighted by molar-refractivity contribution is -0.151. The van der Waals surface area contributed by atoms with E-state index < -0.39 is 11.4 Å². The van der Waals surface area contributed by atoms with Crippen LogP contribution in [0.5, 0.6) is 0 Å². The van der Waals surface area contributed by atoms with E-state index in [2.05, 4.69) is 10.6 Å². The summed E-state index contributed by atoms with van der Waals surface area (Å²) in [7, 11) is 1.81. The molecule has 6 nitrogen and oxygen atoms in total. The summed E-state index contributed by atoms with van der Waals surface area (Å²) in [6.45, 7) is 1.16. The number of aliphatic carboxylic acids is 1. The van der Waals surface area contributed by atoms with Crippen LogP contribution in [0.3, 0.4) is 0 Å². The van der Waals surface area contributed by atoms with Crippen molar-refractivity contribution >= 4 is 11.9 Å². The van der Waals surface area contributed by atoms with Gasteiger partial charge in [0, 0.05) is 12.6 Å². The Bertz CT molecular complexity index is 366. The second-order valence-corrected chi connectivity index (χ2v) is 5.90. The van der Waals surface area contributed by atoms with Crippen molar-refractivity contribution in [2.45, 2.75) is 38.1 Å². The van der Waals surface area contributed by atoms with Gasteiger partial charge in [0.1, 0.15) is 0 Å². The molecule has 3 N–H and O–H groups in total. The molecular formula is C14H24N2O4. The van der Waals surface area contributed by atoms with Crippen molar-refractivity contribution in [1.82, 2.24) is 10.6 Å². The lowest BCUT2D eigenvalue weighted by Gasteiger charge is -2.33. The van der Waals surface area contributed by atoms with Crippen molar-refractivity contribution in [1.29, 1.82) is 0 Å². The van der Waals surface area contributed by atoms with Crippen LogP contribution in [-0.2, 0) is 14.3 Å². The van der Waals surface area contributed by atoms with Crippen LogP contribution in [0.15, 0.2) is 0 Å². The molecular weight excluding hydrogens is 260 g/mol. The fourth-order valence-electron chi connectivity index (χ4n) is 3.18. The van der Waals surface area contributed by atoms with E-state index in [1.807, 2.05) is 0 Å². The molecule has 114 valence electrons. The minimum atomic E-state index is -0.787. The van der Waals surface area contributed by atoms with Gasteiger partial charge in [-0.2, -0.15) is 0 Å². The van der Waals surface area contributed by atoms with Crippen LogP contribution >= 0.6 is 0 Å². The Morgan fingerprint density at radius 3 is 2.55 bits per heavy atom. The predicted octanol–water partition coefficient (Wildman–Crippen LogP) is 0.372. The summed E-state index contributed by atoms with van der Waals surface area (Å²) in [6.07, 6.45) is 4.24. The minimum Gasteiger partial charge on any atom is -0.481 e. The second kappa shape index (κ2) is 6.54. The fraction of sp³-hybridized carbons (Fsp3) is 0.857.